The van der Waals surface area contributed by atoms with E-state index in [-0.39, 0.29) is 24.5 Å². The van der Waals surface area contributed by atoms with Gasteiger partial charge in [0, 0.05) is 51.1 Å². The maximum Gasteiger partial charge on any atom is 0.266 e. The third-order valence-electron chi connectivity index (χ3n) is 5.82. The van der Waals surface area contributed by atoms with Crippen LogP contribution in [0.3, 0.4) is 0 Å². The smallest absolute Gasteiger partial charge is 0.266 e. The Labute approximate surface area is 188 Å². The number of unbranched alkanes of at least 4 members (excludes halogenated alkanes) is 2. The molecule has 0 aromatic carbocycles. The predicted octanol–water partition coefficient (Wildman–Crippen LogP) is 3.55. The van der Waals surface area contributed by atoms with Gasteiger partial charge in [0.05, 0.1) is 4.91 Å². The molecule has 1 N–H and O–H groups in total. The molecule has 0 radical (unpaired) electrons. The van der Waals surface area contributed by atoms with Crippen molar-refractivity contribution in [2.75, 3.05) is 19.7 Å². The number of aryl methyl sites for hydroxylation is 1. The largest absolute Gasteiger partial charge is 0.396 e. The topological polar surface area (TPSA) is 65.8 Å². The number of hydrogen-bond acceptors (Lipinski definition) is 5. The minimum Gasteiger partial charge on any atom is -0.396 e. The summed E-state index contributed by atoms with van der Waals surface area (Å²) in [5.74, 6) is 0.173. The number of likely N-dealkylation sites (tertiary alicyclic amines) is 1. The van der Waals surface area contributed by atoms with E-state index in [1.807, 2.05) is 40.9 Å². The highest BCUT2D eigenvalue weighted by Gasteiger charge is 2.31. The first-order valence-corrected chi connectivity index (χ1v) is 12.0. The molecular formula is C22H31N3O3S2. The third-order valence-corrected chi connectivity index (χ3v) is 7.20. The standard InChI is InChI=1S/C22H31N3O3S2/c1-23-12-7-9-18(23)16-19-21(28)25(22(29)30-19)14-5-2-3-10-20(27)24-13-6-4-8-17(24)11-15-26/h7,9,12,16-17,26H,2-6,8,10-11,13-15H2,1H3. The number of amides is 2. The second-order valence-corrected chi connectivity index (χ2v) is 9.61. The molecule has 2 aliphatic heterocycles. The summed E-state index contributed by atoms with van der Waals surface area (Å²) in [6, 6.07) is 4.11. The van der Waals surface area contributed by atoms with Crippen LogP contribution in [0.2, 0.25) is 0 Å². The monoisotopic (exact) mass is 449 g/mol. The van der Waals surface area contributed by atoms with Crippen molar-refractivity contribution < 1.29 is 14.7 Å². The fourth-order valence-electron chi connectivity index (χ4n) is 4.10. The number of thioether (sulfide) groups is 1. The molecule has 8 heteroatoms. The van der Waals surface area contributed by atoms with Gasteiger partial charge in [-0.2, -0.15) is 0 Å². The van der Waals surface area contributed by atoms with Crippen molar-refractivity contribution >= 4 is 46.2 Å². The Morgan fingerprint density at radius 1 is 1.33 bits per heavy atom. The maximum absolute atomic E-state index is 12.7. The highest BCUT2D eigenvalue weighted by molar-refractivity contribution is 8.26. The Balaban J connectivity index is 1.41. The van der Waals surface area contributed by atoms with Gasteiger partial charge in [-0.1, -0.05) is 30.4 Å². The number of carbonyl (C=O) groups excluding carboxylic acids is 2. The molecule has 2 fully saturated rings. The van der Waals surface area contributed by atoms with Crippen LogP contribution in [0.15, 0.2) is 23.2 Å². The quantitative estimate of drug-likeness (QED) is 0.355. The Morgan fingerprint density at radius 3 is 2.90 bits per heavy atom. The van der Waals surface area contributed by atoms with E-state index in [0.717, 1.165) is 50.8 Å². The molecule has 3 rings (SSSR count). The molecule has 1 aromatic rings. The molecule has 2 aliphatic rings. The second kappa shape index (κ2) is 11.1. The molecule has 2 amide bonds. The van der Waals surface area contributed by atoms with E-state index in [9.17, 15) is 14.7 Å². The Hall–Kier alpha value is -1.64. The molecule has 0 aliphatic carbocycles. The zero-order valence-corrected chi connectivity index (χ0v) is 19.2. The Kier molecular flexibility index (Phi) is 8.53. The molecule has 0 saturated carbocycles. The molecule has 0 spiro atoms. The summed E-state index contributed by atoms with van der Waals surface area (Å²) < 4.78 is 2.58. The summed E-state index contributed by atoms with van der Waals surface area (Å²) in [4.78, 5) is 29.6. The van der Waals surface area contributed by atoms with Crippen molar-refractivity contribution in [3.05, 3.63) is 28.9 Å². The van der Waals surface area contributed by atoms with Gasteiger partial charge in [0.2, 0.25) is 5.91 Å². The van der Waals surface area contributed by atoms with E-state index in [1.54, 1.807) is 4.90 Å². The molecule has 1 unspecified atom stereocenters. The summed E-state index contributed by atoms with van der Waals surface area (Å²) in [6.07, 6.45) is 10.8. The minimum absolute atomic E-state index is 0.0255. The van der Waals surface area contributed by atoms with Crippen LogP contribution < -0.4 is 0 Å². The lowest BCUT2D eigenvalue weighted by Crippen LogP contribution is -2.44. The molecule has 3 heterocycles. The summed E-state index contributed by atoms with van der Waals surface area (Å²) >= 11 is 6.76. The van der Waals surface area contributed by atoms with Gasteiger partial charge in [0.1, 0.15) is 4.32 Å². The van der Waals surface area contributed by atoms with Crippen molar-refractivity contribution in [2.24, 2.45) is 7.05 Å². The van der Waals surface area contributed by atoms with Crippen molar-refractivity contribution in [1.82, 2.24) is 14.4 Å². The number of carbonyl (C=O) groups is 2. The van der Waals surface area contributed by atoms with Gasteiger partial charge in [0.15, 0.2) is 0 Å². The van der Waals surface area contributed by atoms with Crippen LogP contribution in [-0.4, -0.2) is 61.3 Å². The molecule has 30 heavy (non-hydrogen) atoms. The fourth-order valence-corrected chi connectivity index (χ4v) is 5.39. The Morgan fingerprint density at radius 2 is 2.17 bits per heavy atom. The van der Waals surface area contributed by atoms with Crippen LogP contribution in [0.1, 0.15) is 57.1 Å². The van der Waals surface area contributed by atoms with E-state index in [1.165, 1.54) is 11.8 Å². The Bertz CT molecular complexity index is 803. The van der Waals surface area contributed by atoms with Crippen LogP contribution in [0, 0.1) is 0 Å². The van der Waals surface area contributed by atoms with E-state index < -0.39 is 0 Å². The van der Waals surface area contributed by atoms with E-state index in [0.29, 0.717) is 28.6 Å². The summed E-state index contributed by atoms with van der Waals surface area (Å²) in [5, 5.41) is 9.23. The first-order chi connectivity index (χ1) is 14.5. The number of aliphatic hydroxyl groups excluding tert-OH is 1. The first kappa shape index (κ1) is 23.0. The molecule has 164 valence electrons. The van der Waals surface area contributed by atoms with Gasteiger partial charge in [-0.15, -0.1) is 0 Å². The van der Waals surface area contributed by atoms with Gasteiger partial charge in [0.25, 0.3) is 5.91 Å². The second-order valence-electron chi connectivity index (χ2n) is 7.94. The molecule has 2 saturated heterocycles. The van der Waals surface area contributed by atoms with Gasteiger partial charge < -0.3 is 14.6 Å². The predicted molar refractivity (Wildman–Crippen MR) is 125 cm³/mol. The SMILES string of the molecule is Cn1cccc1C=C1SC(=S)N(CCCCCC(=O)N2CCCCC2CCO)C1=O. The van der Waals surface area contributed by atoms with E-state index in [4.69, 9.17) is 12.2 Å². The van der Waals surface area contributed by atoms with Gasteiger partial charge in [-0.05, 0) is 56.7 Å². The van der Waals surface area contributed by atoms with Crippen LogP contribution in [-0.2, 0) is 16.6 Å². The normalized spacial score (nSPS) is 21.1. The van der Waals surface area contributed by atoms with E-state index in [2.05, 4.69) is 0 Å². The number of thiocarbonyl (C=S) groups is 1. The minimum atomic E-state index is -0.0255. The fraction of sp³-hybridized carbons (Fsp3) is 0.591. The van der Waals surface area contributed by atoms with Crippen molar-refractivity contribution in [1.29, 1.82) is 0 Å². The molecule has 1 atom stereocenters. The van der Waals surface area contributed by atoms with Crippen LogP contribution in [0.4, 0.5) is 0 Å². The number of aromatic nitrogens is 1. The number of nitrogens with zero attached hydrogens (tertiary/aromatic N) is 3. The highest BCUT2D eigenvalue weighted by atomic mass is 32.2. The number of piperidine rings is 1. The molecule has 1 aromatic heterocycles. The number of aliphatic hydroxyl groups is 1. The van der Waals surface area contributed by atoms with Crippen molar-refractivity contribution in [3.63, 3.8) is 0 Å². The zero-order valence-electron chi connectivity index (χ0n) is 17.6. The molecule has 0 bridgehead atoms. The third kappa shape index (κ3) is 5.74. The lowest BCUT2D eigenvalue weighted by atomic mass is 9.99. The summed E-state index contributed by atoms with van der Waals surface area (Å²) in [5.41, 5.74) is 0.978. The van der Waals surface area contributed by atoms with E-state index >= 15 is 0 Å². The number of rotatable bonds is 9. The molecule has 6 nitrogen and oxygen atoms in total. The highest BCUT2D eigenvalue weighted by Crippen LogP contribution is 2.32. The summed E-state index contributed by atoms with van der Waals surface area (Å²) in [6.45, 7) is 1.55. The van der Waals surface area contributed by atoms with Gasteiger partial charge in [-0.25, -0.2) is 0 Å². The lowest BCUT2D eigenvalue weighted by Gasteiger charge is -2.35. The van der Waals surface area contributed by atoms with Crippen LogP contribution in [0.5, 0.6) is 0 Å². The summed E-state index contributed by atoms with van der Waals surface area (Å²) in [7, 11) is 1.95. The van der Waals surface area contributed by atoms with Gasteiger partial charge in [-0.3, -0.25) is 14.5 Å². The van der Waals surface area contributed by atoms with Crippen LogP contribution in [0.25, 0.3) is 6.08 Å². The van der Waals surface area contributed by atoms with Crippen molar-refractivity contribution in [3.8, 4) is 0 Å². The average molecular weight is 450 g/mol. The van der Waals surface area contributed by atoms with Crippen molar-refractivity contribution in [2.45, 2.75) is 57.4 Å². The average Bonchev–Trinajstić information content (AvgIpc) is 3.25. The number of hydrogen-bond donors (Lipinski definition) is 1. The van der Waals surface area contributed by atoms with Crippen LogP contribution >= 0.6 is 24.0 Å². The first-order valence-electron chi connectivity index (χ1n) is 10.8. The molecular weight excluding hydrogens is 418 g/mol. The van der Waals surface area contributed by atoms with Gasteiger partial charge >= 0.3 is 0 Å². The zero-order chi connectivity index (χ0) is 21.5. The maximum atomic E-state index is 12.7. The lowest BCUT2D eigenvalue weighted by molar-refractivity contribution is -0.135.